The van der Waals surface area contributed by atoms with E-state index in [4.69, 9.17) is 4.74 Å². The number of alkyl halides is 6. The summed E-state index contributed by atoms with van der Waals surface area (Å²) in [5.41, 5.74) is -3.60. The molecular formula is C21H18F6N2O3. The number of hydrogen-bond donors (Lipinski definition) is 0. The second-order valence-electron chi connectivity index (χ2n) is 6.55. The molecule has 0 aromatic heterocycles. The number of nitrogens with zero attached hydrogens (tertiary/aromatic N) is 2. The highest BCUT2D eigenvalue weighted by atomic mass is 19.4. The van der Waals surface area contributed by atoms with Gasteiger partial charge < -0.3 is 4.74 Å². The number of urea groups is 1. The minimum Gasteiger partial charge on any atom is -0.438 e. The number of ether oxygens (including phenoxy) is 1. The molecule has 2 aromatic rings. The average Bonchev–Trinajstić information content (AvgIpc) is 2.72. The van der Waals surface area contributed by atoms with Gasteiger partial charge in [0.1, 0.15) is 0 Å². The number of hydrogen-bond acceptors (Lipinski definition) is 3. The largest absolute Gasteiger partial charge is 0.438 e. The molecule has 0 spiro atoms. The molecule has 172 valence electrons. The van der Waals surface area contributed by atoms with Crippen molar-refractivity contribution in [2.24, 2.45) is 0 Å². The third kappa shape index (κ3) is 5.80. The van der Waals surface area contributed by atoms with Gasteiger partial charge in [-0.2, -0.15) is 26.3 Å². The van der Waals surface area contributed by atoms with E-state index in [1.54, 1.807) is 18.2 Å². The molecule has 0 radical (unpaired) electrons. The molecule has 2 rings (SSSR count). The van der Waals surface area contributed by atoms with Crippen molar-refractivity contribution in [3.05, 3.63) is 72.3 Å². The van der Waals surface area contributed by atoms with Crippen molar-refractivity contribution in [3.8, 4) is 0 Å². The fourth-order valence-corrected chi connectivity index (χ4v) is 2.74. The SMILES string of the molecule is C=CC(=O)OC(C)N(C(=O)N(C)c1cc(C(F)(F)F)cc(C(F)(F)F)c1)c1ccccc1. The van der Waals surface area contributed by atoms with E-state index >= 15 is 0 Å². The van der Waals surface area contributed by atoms with Crippen molar-refractivity contribution in [3.63, 3.8) is 0 Å². The molecule has 0 aliphatic carbocycles. The zero-order chi connectivity index (χ0) is 24.3. The molecule has 2 aromatic carbocycles. The molecule has 1 atom stereocenters. The van der Waals surface area contributed by atoms with Crippen LogP contribution < -0.4 is 9.80 Å². The molecule has 0 bridgehead atoms. The summed E-state index contributed by atoms with van der Waals surface area (Å²) in [6.45, 7) is 4.55. The highest BCUT2D eigenvalue weighted by Gasteiger charge is 2.38. The van der Waals surface area contributed by atoms with Crippen LogP contribution in [0.25, 0.3) is 0 Å². The summed E-state index contributed by atoms with van der Waals surface area (Å²) < 4.78 is 84.2. The van der Waals surface area contributed by atoms with Crippen LogP contribution in [0.5, 0.6) is 0 Å². The number of carbonyl (C=O) groups is 2. The second kappa shape index (κ2) is 9.33. The number of rotatable bonds is 5. The first-order valence-corrected chi connectivity index (χ1v) is 9.00. The molecule has 0 aliphatic heterocycles. The summed E-state index contributed by atoms with van der Waals surface area (Å²) >= 11 is 0. The normalized spacial score (nSPS) is 12.6. The number of esters is 1. The van der Waals surface area contributed by atoms with Gasteiger partial charge in [0.15, 0.2) is 6.23 Å². The fraction of sp³-hybridized carbons (Fsp3) is 0.238. The van der Waals surface area contributed by atoms with E-state index in [0.717, 1.165) is 18.0 Å². The summed E-state index contributed by atoms with van der Waals surface area (Å²) in [6, 6.07) is 7.41. The van der Waals surface area contributed by atoms with Crippen LogP contribution in [0.4, 0.5) is 42.5 Å². The summed E-state index contributed by atoms with van der Waals surface area (Å²) in [4.78, 5) is 26.3. The van der Waals surface area contributed by atoms with E-state index in [9.17, 15) is 35.9 Å². The Morgan fingerprint density at radius 2 is 1.44 bits per heavy atom. The molecule has 11 heteroatoms. The van der Waals surface area contributed by atoms with Crippen LogP contribution >= 0.6 is 0 Å². The summed E-state index contributed by atoms with van der Waals surface area (Å²) in [5, 5.41) is 0. The Morgan fingerprint density at radius 1 is 0.938 bits per heavy atom. The van der Waals surface area contributed by atoms with Gasteiger partial charge >= 0.3 is 24.4 Å². The third-order valence-electron chi connectivity index (χ3n) is 4.30. The Hall–Kier alpha value is -3.50. The fourth-order valence-electron chi connectivity index (χ4n) is 2.74. The van der Waals surface area contributed by atoms with E-state index in [-0.39, 0.29) is 11.8 Å². The van der Waals surface area contributed by atoms with Crippen molar-refractivity contribution in [2.45, 2.75) is 25.5 Å². The Bertz CT molecular complexity index is 957. The van der Waals surface area contributed by atoms with Crippen LogP contribution in [-0.2, 0) is 21.9 Å². The van der Waals surface area contributed by atoms with Crippen molar-refractivity contribution >= 4 is 23.4 Å². The van der Waals surface area contributed by atoms with Gasteiger partial charge in [-0.05, 0) is 37.3 Å². The second-order valence-corrected chi connectivity index (χ2v) is 6.55. The Morgan fingerprint density at radius 3 is 1.88 bits per heavy atom. The van der Waals surface area contributed by atoms with Gasteiger partial charge in [-0.3, -0.25) is 9.80 Å². The van der Waals surface area contributed by atoms with E-state index in [1.807, 2.05) is 0 Å². The number of amides is 2. The predicted octanol–water partition coefficient (Wildman–Crippen LogP) is 5.86. The molecule has 1 unspecified atom stereocenters. The monoisotopic (exact) mass is 460 g/mol. The van der Waals surface area contributed by atoms with Crippen molar-refractivity contribution in [2.75, 3.05) is 16.8 Å². The molecular weight excluding hydrogens is 442 g/mol. The zero-order valence-corrected chi connectivity index (χ0v) is 16.9. The highest BCUT2D eigenvalue weighted by molar-refractivity contribution is 6.03. The molecule has 0 heterocycles. The number of benzene rings is 2. The number of para-hydroxylation sites is 1. The third-order valence-corrected chi connectivity index (χ3v) is 4.30. The number of halogens is 6. The van der Waals surface area contributed by atoms with Crippen LogP contribution in [0.3, 0.4) is 0 Å². The quantitative estimate of drug-likeness (QED) is 0.243. The zero-order valence-electron chi connectivity index (χ0n) is 16.9. The minimum absolute atomic E-state index is 0.0364. The first kappa shape index (κ1) is 24.8. The summed E-state index contributed by atoms with van der Waals surface area (Å²) in [5.74, 6) is -0.882. The predicted molar refractivity (Wildman–Crippen MR) is 105 cm³/mol. The smallest absolute Gasteiger partial charge is 0.416 e. The molecule has 0 saturated carbocycles. The molecule has 0 N–H and O–H groups in total. The molecule has 5 nitrogen and oxygen atoms in total. The van der Waals surface area contributed by atoms with E-state index in [1.165, 1.54) is 19.1 Å². The molecule has 0 aliphatic rings. The van der Waals surface area contributed by atoms with Gasteiger partial charge in [0.2, 0.25) is 0 Å². The van der Waals surface area contributed by atoms with E-state index in [0.29, 0.717) is 17.0 Å². The average molecular weight is 460 g/mol. The number of anilines is 2. The van der Waals surface area contributed by atoms with Crippen molar-refractivity contribution in [1.82, 2.24) is 0 Å². The topological polar surface area (TPSA) is 49.9 Å². The van der Waals surface area contributed by atoms with Crippen molar-refractivity contribution in [1.29, 1.82) is 0 Å². The summed E-state index contributed by atoms with van der Waals surface area (Å²) in [6.07, 6.45) is -10.6. The van der Waals surface area contributed by atoms with Crippen molar-refractivity contribution < 1.29 is 40.7 Å². The maximum Gasteiger partial charge on any atom is 0.416 e. The van der Waals surface area contributed by atoms with Gasteiger partial charge in [0.25, 0.3) is 0 Å². The molecule has 2 amide bonds. The van der Waals surface area contributed by atoms with Crippen LogP contribution in [0, 0.1) is 0 Å². The maximum absolute atomic E-state index is 13.2. The van der Waals surface area contributed by atoms with E-state index in [2.05, 4.69) is 6.58 Å². The number of carbonyl (C=O) groups excluding carboxylic acids is 2. The Labute approximate surface area is 179 Å². The van der Waals surface area contributed by atoms with Crippen LogP contribution in [-0.4, -0.2) is 25.3 Å². The van der Waals surface area contributed by atoms with Gasteiger partial charge in [-0.15, -0.1) is 0 Å². The minimum atomic E-state index is -5.08. The van der Waals surface area contributed by atoms with Crippen LogP contribution in [0.15, 0.2) is 61.2 Å². The lowest BCUT2D eigenvalue weighted by molar-refractivity contribution is -0.143. The van der Waals surface area contributed by atoms with Crippen LogP contribution in [0.1, 0.15) is 18.1 Å². The van der Waals surface area contributed by atoms with Gasteiger partial charge in [-0.1, -0.05) is 24.8 Å². The molecule has 0 saturated heterocycles. The first-order valence-electron chi connectivity index (χ1n) is 9.00. The maximum atomic E-state index is 13.2. The summed E-state index contributed by atoms with van der Waals surface area (Å²) in [7, 11) is 1.01. The lowest BCUT2D eigenvalue weighted by Crippen LogP contribution is -2.48. The lowest BCUT2D eigenvalue weighted by atomic mass is 10.1. The van der Waals surface area contributed by atoms with E-state index < -0.39 is 47.4 Å². The van der Waals surface area contributed by atoms with Gasteiger partial charge in [0, 0.05) is 24.5 Å². The molecule has 32 heavy (non-hydrogen) atoms. The highest BCUT2D eigenvalue weighted by Crippen LogP contribution is 2.38. The Balaban J connectivity index is 2.55. The van der Waals surface area contributed by atoms with Gasteiger partial charge in [-0.25, -0.2) is 9.59 Å². The standard InChI is InChI=1S/C21H18F6N2O3/c1-4-18(30)32-13(2)29(16-8-6-5-7-9-16)19(31)28(3)17-11-14(20(22,23)24)10-15(12-17)21(25,26)27/h4-13H,1H2,2-3H3. The first-order chi connectivity index (χ1) is 14.8. The van der Waals surface area contributed by atoms with Gasteiger partial charge in [0.05, 0.1) is 11.1 Å². The molecule has 0 fully saturated rings. The Kier molecular flexibility index (Phi) is 7.22. The lowest BCUT2D eigenvalue weighted by Gasteiger charge is -2.32. The van der Waals surface area contributed by atoms with Crippen LogP contribution in [0.2, 0.25) is 0 Å².